The summed E-state index contributed by atoms with van der Waals surface area (Å²) in [4.78, 5) is 20.0. The number of aryl methyl sites for hydroxylation is 1. The highest BCUT2D eigenvalue weighted by atomic mass is 16.5. The molecule has 0 aliphatic carbocycles. The molecule has 0 aliphatic rings. The van der Waals surface area contributed by atoms with E-state index in [4.69, 9.17) is 4.74 Å². The van der Waals surface area contributed by atoms with E-state index in [-0.39, 0.29) is 5.56 Å². The highest BCUT2D eigenvalue weighted by Crippen LogP contribution is 2.04. The topological polar surface area (TPSA) is 72.3 Å². The molecule has 0 unspecified atom stereocenters. The van der Waals surface area contributed by atoms with Crippen LogP contribution in [0, 0.1) is 0 Å². The molecule has 0 bridgehead atoms. The van der Waals surface area contributed by atoms with Crippen molar-refractivity contribution in [1.82, 2.24) is 19.6 Å². The molecule has 0 saturated carbocycles. The zero-order valence-corrected chi connectivity index (χ0v) is 9.36. The Kier molecular flexibility index (Phi) is 2.89. The fourth-order valence-electron chi connectivity index (χ4n) is 1.49. The van der Waals surface area contributed by atoms with Gasteiger partial charge in [-0.2, -0.15) is 9.50 Å². The van der Waals surface area contributed by atoms with Gasteiger partial charge in [-0.15, -0.1) is 0 Å². The van der Waals surface area contributed by atoms with Crippen molar-refractivity contribution in [2.45, 2.75) is 26.7 Å². The summed E-state index contributed by atoms with van der Waals surface area (Å²) in [6, 6.07) is 1.84. The van der Waals surface area contributed by atoms with E-state index in [9.17, 15) is 4.79 Å². The maximum atomic E-state index is 11.7. The Balaban J connectivity index is 2.50. The number of fused-ring (bicyclic) bond motifs is 1. The van der Waals surface area contributed by atoms with E-state index < -0.39 is 0 Å². The van der Waals surface area contributed by atoms with Crippen LogP contribution in [0.3, 0.4) is 0 Å². The molecule has 0 aliphatic heterocycles. The first-order valence-corrected chi connectivity index (χ1v) is 5.36. The normalized spacial score (nSPS) is 10.9. The van der Waals surface area contributed by atoms with Crippen LogP contribution in [0.5, 0.6) is 6.01 Å². The maximum Gasteiger partial charge on any atom is 0.312 e. The quantitative estimate of drug-likeness (QED) is 0.829. The Bertz CT molecular complexity index is 543. The van der Waals surface area contributed by atoms with Crippen molar-refractivity contribution in [1.29, 1.82) is 0 Å². The number of rotatable bonds is 4. The van der Waals surface area contributed by atoms with Crippen molar-refractivity contribution < 1.29 is 4.74 Å². The summed E-state index contributed by atoms with van der Waals surface area (Å²) in [6.45, 7) is 4.39. The van der Waals surface area contributed by atoms with E-state index in [1.807, 2.05) is 13.8 Å². The van der Waals surface area contributed by atoms with Gasteiger partial charge in [0.15, 0.2) is 0 Å². The van der Waals surface area contributed by atoms with Crippen LogP contribution in [-0.2, 0) is 6.42 Å². The Morgan fingerprint density at radius 1 is 1.44 bits per heavy atom. The SMILES string of the molecule is CCCc1cc(=O)n2[nH]c(OCC)nc2n1. The third kappa shape index (κ3) is 1.91. The van der Waals surface area contributed by atoms with Gasteiger partial charge in [-0.25, -0.2) is 10.1 Å². The van der Waals surface area contributed by atoms with Crippen molar-refractivity contribution in [3.8, 4) is 6.01 Å². The molecule has 2 aromatic rings. The molecule has 0 aromatic carbocycles. The van der Waals surface area contributed by atoms with E-state index in [0.717, 1.165) is 18.5 Å². The average Bonchev–Trinajstić information content (AvgIpc) is 2.62. The Labute approximate surface area is 92.3 Å². The lowest BCUT2D eigenvalue weighted by Gasteiger charge is -1.96. The van der Waals surface area contributed by atoms with Gasteiger partial charge in [0.05, 0.1) is 12.3 Å². The van der Waals surface area contributed by atoms with Crippen LogP contribution < -0.4 is 10.3 Å². The van der Waals surface area contributed by atoms with Crippen molar-refractivity contribution in [3.05, 3.63) is 22.1 Å². The summed E-state index contributed by atoms with van der Waals surface area (Å²) in [7, 11) is 0. The van der Waals surface area contributed by atoms with Crippen LogP contribution in [0.25, 0.3) is 5.78 Å². The van der Waals surface area contributed by atoms with Crippen LogP contribution in [0.1, 0.15) is 26.0 Å². The summed E-state index contributed by atoms with van der Waals surface area (Å²) in [6.07, 6.45) is 1.73. The van der Waals surface area contributed by atoms with Gasteiger partial charge in [0, 0.05) is 6.07 Å². The molecule has 6 nitrogen and oxygen atoms in total. The van der Waals surface area contributed by atoms with Crippen LogP contribution in [0.2, 0.25) is 0 Å². The lowest BCUT2D eigenvalue weighted by molar-refractivity contribution is 0.313. The van der Waals surface area contributed by atoms with Crippen LogP contribution in [-0.4, -0.2) is 26.2 Å². The summed E-state index contributed by atoms with van der Waals surface area (Å²) >= 11 is 0. The standard InChI is InChI=1S/C10H14N4O2/c1-3-5-7-6-8(15)14-9(11-7)12-10(13-14)16-4-2/h6H,3-5H2,1-2H3,(H,11,12,13). The number of ether oxygens (including phenoxy) is 1. The van der Waals surface area contributed by atoms with Gasteiger partial charge in [-0.1, -0.05) is 13.3 Å². The van der Waals surface area contributed by atoms with Crippen LogP contribution >= 0.6 is 0 Å². The summed E-state index contributed by atoms with van der Waals surface area (Å²) in [5.41, 5.74) is 0.606. The van der Waals surface area contributed by atoms with Crippen molar-refractivity contribution in [3.63, 3.8) is 0 Å². The van der Waals surface area contributed by atoms with Crippen molar-refractivity contribution in [2.75, 3.05) is 6.61 Å². The predicted octanol–water partition coefficient (Wildman–Crippen LogP) is 0.769. The number of hydrogen-bond donors (Lipinski definition) is 1. The average molecular weight is 222 g/mol. The van der Waals surface area contributed by atoms with Gasteiger partial charge in [0.25, 0.3) is 11.3 Å². The molecule has 2 rings (SSSR count). The number of nitrogens with one attached hydrogen (secondary N) is 1. The number of nitrogens with zero attached hydrogens (tertiary/aromatic N) is 3. The zero-order chi connectivity index (χ0) is 11.5. The van der Waals surface area contributed by atoms with Crippen LogP contribution in [0.4, 0.5) is 0 Å². The van der Waals surface area contributed by atoms with E-state index in [1.165, 1.54) is 10.6 Å². The Morgan fingerprint density at radius 3 is 2.94 bits per heavy atom. The van der Waals surface area contributed by atoms with Gasteiger partial charge in [0.2, 0.25) is 0 Å². The second-order valence-electron chi connectivity index (χ2n) is 3.43. The predicted molar refractivity (Wildman–Crippen MR) is 58.8 cm³/mol. The smallest absolute Gasteiger partial charge is 0.312 e. The van der Waals surface area contributed by atoms with Crippen molar-refractivity contribution >= 4 is 5.78 Å². The molecule has 0 fully saturated rings. The molecular formula is C10H14N4O2. The molecule has 16 heavy (non-hydrogen) atoms. The van der Waals surface area contributed by atoms with E-state index in [0.29, 0.717) is 18.4 Å². The second-order valence-corrected chi connectivity index (χ2v) is 3.43. The minimum Gasteiger partial charge on any atom is -0.464 e. The van der Waals surface area contributed by atoms with E-state index in [1.54, 1.807) is 0 Å². The fourth-order valence-corrected chi connectivity index (χ4v) is 1.49. The molecule has 0 saturated heterocycles. The molecule has 2 aromatic heterocycles. The van der Waals surface area contributed by atoms with Crippen molar-refractivity contribution in [2.24, 2.45) is 0 Å². The first-order chi connectivity index (χ1) is 7.74. The summed E-state index contributed by atoms with van der Waals surface area (Å²) < 4.78 is 6.46. The van der Waals surface area contributed by atoms with Gasteiger partial charge in [0.1, 0.15) is 0 Å². The molecule has 2 heterocycles. The molecule has 1 N–H and O–H groups in total. The first-order valence-electron chi connectivity index (χ1n) is 5.36. The number of aromatic nitrogens is 4. The lowest BCUT2D eigenvalue weighted by Crippen LogP contribution is -2.15. The Hall–Kier alpha value is -1.85. The second kappa shape index (κ2) is 4.34. The molecule has 0 radical (unpaired) electrons. The maximum absolute atomic E-state index is 11.7. The van der Waals surface area contributed by atoms with Gasteiger partial charge >= 0.3 is 6.01 Å². The monoisotopic (exact) mass is 222 g/mol. The number of H-pyrrole nitrogens is 1. The highest BCUT2D eigenvalue weighted by molar-refractivity contribution is 5.29. The summed E-state index contributed by atoms with van der Waals surface area (Å²) in [5.74, 6) is 0.361. The Morgan fingerprint density at radius 2 is 2.25 bits per heavy atom. The van der Waals surface area contributed by atoms with Crippen LogP contribution in [0.15, 0.2) is 10.9 Å². The number of hydrogen-bond acceptors (Lipinski definition) is 4. The fraction of sp³-hybridized carbons (Fsp3) is 0.500. The third-order valence-electron chi connectivity index (χ3n) is 2.15. The molecule has 6 heteroatoms. The summed E-state index contributed by atoms with van der Waals surface area (Å²) in [5, 5.41) is 2.74. The van der Waals surface area contributed by atoms with Gasteiger partial charge < -0.3 is 4.74 Å². The molecule has 0 spiro atoms. The number of aromatic amines is 1. The highest BCUT2D eigenvalue weighted by Gasteiger charge is 2.07. The van der Waals surface area contributed by atoms with E-state index in [2.05, 4.69) is 15.1 Å². The van der Waals surface area contributed by atoms with Gasteiger partial charge in [-0.3, -0.25) is 4.79 Å². The third-order valence-corrected chi connectivity index (χ3v) is 2.15. The zero-order valence-electron chi connectivity index (χ0n) is 9.36. The minimum absolute atomic E-state index is 0.160. The molecule has 86 valence electrons. The lowest BCUT2D eigenvalue weighted by atomic mass is 10.2. The van der Waals surface area contributed by atoms with E-state index >= 15 is 0 Å². The largest absolute Gasteiger partial charge is 0.464 e. The molecular weight excluding hydrogens is 208 g/mol. The first kappa shape index (κ1) is 10.7. The minimum atomic E-state index is -0.160. The van der Waals surface area contributed by atoms with Gasteiger partial charge in [-0.05, 0) is 13.3 Å². The molecule has 0 atom stereocenters. The molecule has 0 amide bonds.